The second-order valence-corrected chi connectivity index (χ2v) is 6.90. The molecule has 1 N–H and O–H groups in total. The Bertz CT molecular complexity index is 484. The van der Waals surface area contributed by atoms with E-state index in [4.69, 9.17) is 11.6 Å². The third-order valence-electron chi connectivity index (χ3n) is 5.29. The molecular weight excluding hydrogens is 282 g/mol. The first-order valence-electron chi connectivity index (χ1n) is 8.22. The lowest BCUT2D eigenvalue weighted by atomic mass is 9.67. The minimum absolute atomic E-state index is 0.206. The van der Waals surface area contributed by atoms with Gasteiger partial charge in [0.1, 0.15) is 0 Å². The maximum Gasteiger partial charge on any atom is 0.227 e. The second-order valence-electron chi connectivity index (χ2n) is 6.63. The number of alkyl halides is 1. The molecule has 3 rings (SSSR count). The first kappa shape index (κ1) is 14.9. The number of fused-ring (bicyclic) bond motifs is 1. The monoisotopic (exact) mass is 305 g/mol. The lowest BCUT2D eigenvalue weighted by Crippen LogP contribution is -2.33. The fourth-order valence-electron chi connectivity index (χ4n) is 4.03. The van der Waals surface area contributed by atoms with Crippen LogP contribution in [0.2, 0.25) is 0 Å². The van der Waals surface area contributed by atoms with Crippen molar-refractivity contribution in [3.8, 4) is 0 Å². The van der Waals surface area contributed by atoms with Crippen molar-refractivity contribution in [2.75, 3.05) is 5.32 Å². The fraction of sp³-hybridized carbons (Fsp3) is 0.611. The van der Waals surface area contributed by atoms with E-state index < -0.39 is 0 Å². The van der Waals surface area contributed by atoms with Crippen LogP contribution >= 0.6 is 11.6 Å². The average molecular weight is 306 g/mol. The molecule has 0 radical (unpaired) electrons. The van der Waals surface area contributed by atoms with Crippen LogP contribution in [-0.4, -0.2) is 5.91 Å². The highest BCUT2D eigenvalue weighted by Gasteiger charge is 2.34. The van der Waals surface area contributed by atoms with Crippen LogP contribution in [0.3, 0.4) is 0 Å². The smallest absolute Gasteiger partial charge is 0.227 e. The van der Waals surface area contributed by atoms with Gasteiger partial charge in [0.05, 0.1) is 0 Å². The molecule has 21 heavy (non-hydrogen) atoms. The summed E-state index contributed by atoms with van der Waals surface area (Å²) in [6.07, 6.45) is 8.87. The van der Waals surface area contributed by atoms with Crippen LogP contribution in [0.1, 0.15) is 50.5 Å². The lowest BCUT2D eigenvalue weighted by Gasteiger charge is -2.38. The maximum atomic E-state index is 12.5. The molecule has 1 amide bonds. The van der Waals surface area contributed by atoms with Crippen molar-refractivity contribution in [1.29, 1.82) is 0 Å². The van der Waals surface area contributed by atoms with E-state index in [1.54, 1.807) is 0 Å². The SMILES string of the molecule is O=C(Nc1ccc(CCl)cc1)C1CCC2CCCCC2C1. The lowest BCUT2D eigenvalue weighted by molar-refractivity contribution is -0.122. The molecule has 0 aromatic heterocycles. The van der Waals surface area contributed by atoms with Gasteiger partial charge in [0.2, 0.25) is 5.91 Å². The number of carbonyl (C=O) groups excluding carboxylic acids is 1. The van der Waals surface area contributed by atoms with E-state index in [2.05, 4.69) is 5.32 Å². The van der Waals surface area contributed by atoms with Crippen molar-refractivity contribution >= 4 is 23.2 Å². The maximum absolute atomic E-state index is 12.5. The standard InChI is InChI=1S/C18H24ClNO/c19-12-13-5-9-17(10-6-13)20-18(21)16-8-7-14-3-1-2-4-15(14)11-16/h5-6,9-10,14-16H,1-4,7-8,11-12H2,(H,20,21). The van der Waals surface area contributed by atoms with Crippen molar-refractivity contribution in [1.82, 2.24) is 0 Å². The quantitative estimate of drug-likeness (QED) is 0.785. The summed E-state index contributed by atoms with van der Waals surface area (Å²) in [5, 5.41) is 3.08. The van der Waals surface area contributed by atoms with Crippen LogP contribution in [0.5, 0.6) is 0 Å². The van der Waals surface area contributed by atoms with Gasteiger partial charge in [-0.05, 0) is 48.8 Å². The van der Waals surface area contributed by atoms with Crippen molar-refractivity contribution in [2.45, 2.75) is 50.8 Å². The van der Waals surface area contributed by atoms with E-state index in [-0.39, 0.29) is 11.8 Å². The molecule has 2 aliphatic carbocycles. The Morgan fingerprint density at radius 1 is 1.05 bits per heavy atom. The molecule has 0 bridgehead atoms. The predicted octanol–water partition coefficient (Wildman–Crippen LogP) is 4.97. The van der Waals surface area contributed by atoms with Crippen LogP contribution in [0.4, 0.5) is 5.69 Å². The predicted molar refractivity (Wildman–Crippen MR) is 87.4 cm³/mol. The topological polar surface area (TPSA) is 29.1 Å². The fourth-order valence-corrected chi connectivity index (χ4v) is 4.21. The number of anilines is 1. The summed E-state index contributed by atoms with van der Waals surface area (Å²) in [4.78, 5) is 12.5. The van der Waals surface area contributed by atoms with Crippen LogP contribution in [0.25, 0.3) is 0 Å². The van der Waals surface area contributed by atoms with Gasteiger partial charge in [0.15, 0.2) is 0 Å². The van der Waals surface area contributed by atoms with Gasteiger partial charge < -0.3 is 5.32 Å². The van der Waals surface area contributed by atoms with Crippen LogP contribution in [-0.2, 0) is 10.7 Å². The second kappa shape index (κ2) is 6.83. The molecule has 1 aromatic carbocycles. The van der Waals surface area contributed by atoms with E-state index in [0.717, 1.165) is 35.9 Å². The van der Waals surface area contributed by atoms with Crippen LogP contribution in [0.15, 0.2) is 24.3 Å². The molecule has 3 heteroatoms. The zero-order chi connectivity index (χ0) is 14.7. The molecule has 2 nitrogen and oxygen atoms in total. The minimum Gasteiger partial charge on any atom is -0.326 e. The highest BCUT2D eigenvalue weighted by Crippen LogP contribution is 2.42. The number of nitrogens with one attached hydrogen (secondary N) is 1. The number of carbonyl (C=O) groups is 1. The highest BCUT2D eigenvalue weighted by atomic mass is 35.5. The van der Waals surface area contributed by atoms with E-state index in [9.17, 15) is 4.79 Å². The van der Waals surface area contributed by atoms with Gasteiger partial charge in [-0.15, -0.1) is 11.6 Å². The first-order valence-corrected chi connectivity index (χ1v) is 8.75. The summed E-state index contributed by atoms with van der Waals surface area (Å²) in [7, 11) is 0. The summed E-state index contributed by atoms with van der Waals surface area (Å²) in [5.41, 5.74) is 1.97. The Morgan fingerprint density at radius 3 is 2.48 bits per heavy atom. The molecule has 0 saturated heterocycles. The largest absolute Gasteiger partial charge is 0.326 e. The molecule has 0 heterocycles. The zero-order valence-corrected chi connectivity index (χ0v) is 13.2. The van der Waals surface area contributed by atoms with E-state index in [0.29, 0.717) is 5.88 Å². The molecule has 2 saturated carbocycles. The zero-order valence-electron chi connectivity index (χ0n) is 12.5. The third kappa shape index (κ3) is 3.60. The third-order valence-corrected chi connectivity index (χ3v) is 5.59. The van der Waals surface area contributed by atoms with Gasteiger partial charge in [-0.1, -0.05) is 37.8 Å². The number of amides is 1. The Labute approximate surface area is 132 Å². The number of hydrogen-bond donors (Lipinski definition) is 1. The number of benzene rings is 1. The molecule has 0 aliphatic heterocycles. The molecule has 1 aromatic rings. The molecule has 3 atom stereocenters. The van der Waals surface area contributed by atoms with Gasteiger partial charge in [0.25, 0.3) is 0 Å². The molecule has 3 unspecified atom stereocenters. The van der Waals surface area contributed by atoms with Gasteiger partial charge in [-0.3, -0.25) is 4.79 Å². The molecule has 2 aliphatic rings. The Hall–Kier alpha value is -1.02. The molecule has 2 fully saturated rings. The summed E-state index contributed by atoms with van der Waals surface area (Å²) < 4.78 is 0. The summed E-state index contributed by atoms with van der Waals surface area (Å²) in [6.45, 7) is 0. The Balaban J connectivity index is 1.57. The summed E-state index contributed by atoms with van der Waals surface area (Å²) >= 11 is 5.78. The van der Waals surface area contributed by atoms with Crippen LogP contribution < -0.4 is 5.32 Å². The van der Waals surface area contributed by atoms with Gasteiger partial charge in [-0.25, -0.2) is 0 Å². The van der Waals surface area contributed by atoms with E-state index in [1.165, 1.54) is 32.1 Å². The number of hydrogen-bond acceptors (Lipinski definition) is 1. The number of halogens is 1. The number of rotatable bonds is 3. The van der Waals surface area contributed by atoms with Crippen LogP contribution in [0, 0.1) is 17.8 Å². The van der Waals surface area contributed by atoms with Gasteiger partial charge in [-0.2, -0.15) is 0 Å². The highest BCUT2D eigenvalue weighted by molar-refractivity contribution is 6.17. The van der Waals surface area contributed by atoms with Gasteiger partial charge >= 0.3 is 0 Å². The average Bonchev–Trinajstić information content (AvgIpc) is 2.55. The van der Waals surface area contributed by atoms with Gasteiger partial charge in [0, 0.05) is 17.5 Å². The van der Waals surface area contributed by atoms with Crippen molar-refractivity contribution in [2.24, 2.45) is 17.8 Å². The normalized spacial score (nSPS) is 28.7. The van der Waals surface area contributed by atoms with Crippen molar-refractivity contribution < 1.29 is 4.79 Å². The van der Waals surface area contributed by atoms with Crippen molar-refractivity contribution in [3.63, 3.8) is 0 Å². The summed E-state index contributed by atoms with van der Waals surface area (Å²) in [6, 6.07) is 7.84. The molecular formula is C18H24ClNO. The van der Waals surface area contributed by atoms with E-state index >= 15 is 0 Å². The molecule has 114 valence electrons. The Morgan fingerprint density at radius 2 is 1.76 bits per heavy atom. The summed E-state index contributed by atoms with van der Waals surface area (Å²) in [5.74, 6) is 2.61. The molecule has 0 spiro atoms. The van der Waals surface area contributed by atoms with E-state index in [1.807, 2.05) is 24.3 Å². The minimum atomic E-state index is 0.206. The first-order chi connectivity index (χ1) is 10.3. The Kier molecular flexibility index (Phi) is 4.84. The van der Waals surface area contributed by atoms with Crippen molar-refractivity contribution in [3.05, 3.63) is 29.8 Å².